The maximum atomic E-state index is 15.0. The van der Waals surface area contributed by atoms with E-state index in [1.165, 1.54) is 12.1 Å². The van der Waals surface area contributed by atoms with Gasteiger partial charge in [-0.2, -0.15) is 0 Å². The minimum atomic E-state index is -0.788. The number of benzene rings is 3. The maximum absolute atomic E-state index is 15.0. The second kappa shape index (κ2) is 11.0. The molecule has 4 rings (SSSR count). The normalized spacial score (nSPS) is 18.0. The fourth-order valence-electron chi connectivity index (χ4n) is 4.78. The highest BCUT2D eigenvalue weighted by Gasteiger charge is 2.26. The third-order valence-electron chi connectivity index (χ3n) is 6.85. The van der Waals surface area contributed by atoms with Gasteiger partial charge in [0, 0.05) is 11.6 Å². The molecule has 3 aromatic carbocycles. The summed E-state index contributed by atoms with van der Waals surface area (Å²) in [7, 11) is 0. The zero-order chi connectivity index (χ0) is 24.1. The van der Waals surface area contributed by atoms with Crippen molar-refractivity contribution < 1.29 is 22.6 Å². The van der Waals surface area contributed by atoms with Crippen molar-refractivity contribution >= 4 is 0 Å². The first-order chi connectivity index (χ1) is 16.5. The summed E-state index contributed by atoms with van der Waals surface area (Å²) in [5.41, 5.74) is 2.20. The highest BCUT2D eigenvalue weighted by molar-refractivity contribution is 5.65. The molecule has 180 valence electrons. The third-order valence-corrected chi connectivity index (χ3v) is 6.85. The molecule has 5 heteroatoms. The lowest BCUT2D eigenvalue weighted by molar-refractivity contribution is 0.297. The number of hydrogen-bond donors (Lipinski definition) is 0. The lowest BCUT2D eigenvalue weighted by atomic mass is 9.77. The van der Waals surface area contributed by atoms with E-state index >= 15 is 0 Å². The molecule has 1 fully saturated rings. The van der Waals surface area contributed by atoms with Crippen molar-refractivity contribution in [2.75, 3.05) is 6.61 Å². The second-order valence-corrected chi connectivity index (χ2v) is 8.97. The van der Waals surface area contributed by atoms with Gasteiger partial charge in [0.25, 0.3) is 0 Å². The largest absolute Gasteiger partial charge is 0.491 e. The Morgan fingerprint density at radius 3 is 2.18 bits per heavy atom. The van der Waals surface area contributed by atoms with Gasteiger partial charge in [-0.3, -0.25) is 0 Å². The van der Waals surface area contributed by atoms with Crippen LogP contribution in [0.4, 0.5) is 13.2 Å². The zero-order valence-corrected chi connectivity index (χ0v) is 19.8. The summed E-state index contributed by atoms with van der Waals surface area (Å²) in [6, 6.07) is 15.0. The van der Waals surface area contributed by atoms with Crippen LogP contribution in [-0.2, 0) is 6.61 Å². The van der Waals surface area contributed by atoms with Crippen LogP contribution in [0.25, 0.3) is 11.1 Å². The van der Waals surface area contributed by atoms with Gasteiger partial charge in [-0.25, -0.2) is 13.2 Å². The molecule has 1 aliphatic rings. The molecule has 0 spiro atoms. The Labute approximate surface area is 199 Å². The van der Waals surface area contributed by atoms with E-state index in [1.807, 2.05) is 0 Å². The van der Waals surface area contributed by atoms with Gasteiger partial charge >= 0.3 is 0 Å². The molecule has 2 nitrogen and oxygen atoms in total. The Hall–Kier alpha value is -2.95. The zero-order valence-electron chi connectivity index (χ0n) is 19.8. The molecule has 1 aliphatic carbocycles. The highest BCUT2D eigenvalue weighted by atomic mass is 19.2. The SMILES string of the molecule is CCOc1ccc(OCc2ccc(-c3ccc(C4CCC(CC)CC4)c(F)c3F)cc2)cc1F. The molecule has 0 aromatic heterocycles. The summed E-state index contributed by atoms with van der Waals surface area (Å²) in [5, 5.41) is 0. The molecule has 0 amide bonds. The Morgan fingerprint density at radius 1 is 0.794 bits per heavy atom. The Kier molecular flexibility index (Phi) is 7.81. The smallest absolute Gasteiger partial charge is 0.168 e. The van der Waals surface area contributed by atoms with Crippen molar-refractivity contribution in [2.45, 2.75) is 58.5 Å². The van der Waals surface area contributed by atoms with E-state index in [-0.39, 0.29) is 23.8 Å². The summed E-state index contributed by atoms with van der Waals surface area (Å²) >= 11 is 0. The van der Waals surface area contributed by atoms with Crippen molar-refractivity contribution in [3.8, 4) is 22.6 Å². The van der Waals surface area contributed by atoms with Crippen LogP contribution in [0.5, 0.6) is 11.5 Å². The summed E-state index contributed by atoms with van der Waals surface area (Å²) in [4.78, 5) is 0. The molecular formula is C29H31F3O2. The van der Waals surface area contributed by atoms with Gasteiger partial charge in [0.15, 0.2) is 23.2 Å². The van der Waals surface area contributed by atoms with Crippen molar-refractivity contribution in [3.05, 3.63) is 83.2 Å². The predicted octanol–water partition coefficient (Wildman–Crippen LogP) is 8.43. The van der Waals surface area contributed by atoms with E-state index < -0.39 is 17.5 Å². The minimum absolute atomic E-state index is 0.0957. The Morgan fingerprint density at radius 2 is 1.53 bits per heavy atom. The molecule has 0 atom stereocenters. The molecule has 1 saturated carbocycles. The maximum Gasteiger partial charge on any atom is 0.168 e. The van der Waals surface area contributed by atoms with Gasteiger partial charge in [-0.05, 0) is 73.3 Å². The van der Waals surface area contributed by atoms with Crippen molar-refractivity contribution in [1.82, 2.24) is 0 Å². The lowest BCUT2D eigenvalue weighted by Crippen LogP contribution is -2.14. The van der Waals surface area contributed by atoms with E-state index in [0.29, 0.717) is 29.4 Å². The van der Waals surface area contributed by atoms with Crippen LogP contribution in [0.15, 0.2) is 54.6 Å². The quantitative estimate of drug-likeness (QED) is 0.330. The van der Waals surface area contributed by atoms with Gasteiger partial charge in [-0.15, -0.1) is 0 Å². The van der Waals surface area contributed by atoms with Crippen molar-refractivity contribution in [2.24, 2.45) is 5.92 Å². The van der Waals surface area contributed by atoms with Crippen LogP contribution in [0.1, 0.15) is 63.0 Å². The molecule has 0 saturated heterocycles. The van der Waals surface area contributed by atoms with Gasteiger partial charge in [0.2, 0.25) is 0 Å². The summed E-state index contributed by atoms with van der Waals surface area (Å²) < 4.78 is 54.8. The van der Waals surface area contributed by atoms with Gasteiger partial charge < -0.3 is 9.47 Å². The summed E-state index contributed by atoms with van der Waals surface area (Å²) in [5.74, 6) is -0.604. The molecule has 3 aromatic rings. The highest BCUT2D eigenvalue weighted by Crippen LogP contribution is 2.39. The van der Waals surface area contributed by atoms with E-state index in [0.717, 1.165) is 37.7 Å². The summed E-state index contributed by atoms with van der Waals surface area (Å²) in [6.07, 6.45) is 5.15. The molecule has 0 aliphatic heterocycles. The van der Waals surface area contributed by atoms with Crippen molar-refractivity contribution in [3.63, 3.8) is 0 Å². The van der Waals surface area contributed by atoms with E-state index in [9.17, 15) is 13.2 Å². The fourth-order valence-corrected chi connectivity index (χ4v) is 4.78. The van der Waals surface area contributed by atoms with Crippen LogP contribution < -0.4 is 9.47 Å². The van der Waals surface area contributed by atoms with Crippen LogP contribution >= 0.6 is 0 Å². The number of hydrogen-bond acceptors (Lipinski definition) is 2. The van der Waals surface area contributed by atoms with Gasteiger partial charge in [0.1, 0.15) is 12.4 Å². The first-order valence-electron chi connectivity index (χ1n) is 12.1. The molecule has 0 bridgehead atoms. The number of ether oxygens (including phenoxy) is 2. The van der Waals surface area contributed by atoms with Crippen LogP contribution in [0.2, 0.25) is 0 Å². The van der Waals surface area contributed by atoms with E-state index in [4.69, 9.17) is 9.47 Å². The lowest BCUT2D eigenvalue weighted by Gasteiger charge is -2.28. The van der Waals surface area contributed by atoms with Gasteiger partial charge in [-0.1, -0.05) is 49.7 Å². The number of rotatable bonds is 8. The van der Waals surface area contributed by atoms with Crippen LogP contribution in [-0.4, -0.2) is 6.61 Å². The summed E-state index contributed by atoms with van der Waals surface area (Å²) in [6.45, 7) is 4.60. The van der Waals surface area contributed by atoms with E-state index in [1.54, 1.807) is 49.4 Å². The third kappa shape index (κ3) is 5.40. The Balaban J connectivity index is 1.42. The molecular weight excluding hydrogens is 437 g/mol. The minimum Gasteiger partial charge on any atom is -0.491 e. The number of halogens is 3. The van der Waals surface area contributed by atoms with Crippen molar-refractivity contribution in [1.29, 1.82) is 0 Å². The second-order valence-electron chi connectivity index (χ2n) is 8.97. The average Bonchev–Trinajstić information content (AvgIpc) is 2.86. The monoisotopic (exact) mass is 468 g/mol. The molecule has 0 heterocycles. The Bertz CT molecular complexity index is 1100. The van der Waals surface area contributed by atoms with Gasteiger partial charge in [0.05, 0.1) is 6.61 Å². The molecule has 0 radical (unpaired) electrons. The fraction of sp³-hybridized carbons (Fsp3) is 0.379. The first-order valence-corrected chi connectivity index (χ1v) is 12.1. The van der Waals surface area contributed by atoms with Crippen LogP contribution in [0.3, 0.4) is 0 Å². The average molecular weight is 469 g/mol. The topological polar surface area (TPSA) is 18.5 Å². The molecule has 34 heavy (non-hydrogen) atoms. The first kappa shape index (κ1) is 24.2. The molecule has 0 N–H and O–H groups in total. The molecule has 0 unspecified atom stereocenters. The van der Waals surface area contributed by atoms with E-state index in [2.05, 4.69) is 6.92 Å². The predicted molar refractivity (Wildman–Crippen MR) is 129 cm³/mol. The standard InChI is InChI=1S/C29H31F3O2/c1-3-19-5-9-21(10-6-19)24-14-15-25(29(32)28(24)31)22-11-7-20(8-12-22)18-34-23-13-16-27(33-4-2)26(30)17-23/h7-8,11-17,19,21H,3-6,9-10,18H2,1-2H3. The van der Waals surface area contributed by atoms with Crippen LogP contribution in [0, 0.1) is 23.4 Å².